The Morgan fingerprint density at radius 2 is 1.48 bits per heavy atom. The Morgan fingerprint density at radius 1 is 0.760 bits per heavy atom. The lowest BCUT2D eigenvalue weighted by Crippen LogP contribution is -2.51. The van der Waals surface area contributed by atoms with Crippen LogP contribution in [0.5, 0.6) is 17.2 Å². The largest absolute Gasteiger partial charge is 0.493 e. The standard InChI is InChI=1S/C61H76N4O10/c1-8-46(45-35-41(4)56(73-7)54(37-45)72-6)58(68)64-33-19-17-22-51(64)61(71)75-53(31-28-44-26-24-39(2)40(3)34-44)48-21-15-16-23-52(48)74-38-55(66)62-32-18-13-11-9-10-12-14-20-43-27-29-47-49(36-43)60(70)65(59(47)69)50-30-25-42(5)63-57(50)67/h15-16,21,23-24,26-27,29,34-37,46,50-51,53H,5,8-14,17-20,22,25,28,30-33,38H2,1-4,6-7H3,(H,62,66)(H,63,67)/t46-,50?,51-,53+/m0/s1. The third kappa shape index (κ3) is 13.9. The minimum Gasteiger partial charge on any atom is -0.493 e. The van der Waals surface area contributed by atoms with Gasteiger partial charge in [-0.15, -0.1) is 0 Å². The number of likely N-dealkylation sites (tertiary alicyclic amines) is 1. The van der Waals surface area contributed by atoms with Crippen LogP contribution < -0.4 is 24.8 Å². The zero-order valence-corrected chi connectivity index (χ0v) is 44.9. The molecule has 0 saturated carbocycles. The molecule has 14 heteroatoms. The number of hydrogen-bond acceptors (Lipinski definition) is 10. The van der Waals surface area contributed by atoms with Crippen molar-refractivity contribution >= 4 is 35.5 Å². The highest BCUT2D eigenvalue weighted by molar-refractivity contribution is 6.23. The number of amides is 5. The zero-order valence-electron chi connectivity index (χ0n) is 44.9. The number of para-hydroxylation sites is 1. The number of nitrogens with zero attached hydrogens (tertiary/aromatic N) is 2. The number of nitrogens with one attached hydrogen (secondary N) is 2. The molecule has 7 rings (SSSR count). The lowest BCUT2D eigenvalue weighted by atomic mass is 9.91. The fourth-order valence-corrected chi connectivity index (χ4v) is 10.7. The first-order valence-corrected chi connectivity index (χ1v) is 27.0. The number of rotatable bonds is 25. The van der Waals surface area contributed by atoms with Crippen LogP contribution >= 0.6 is 0 Å². The van der Waals surface area contributed by atoms with Crippen LogP contribution in [0.1, 0.15) is 168 Å². The predicted molar refractivity (Wildman–Crippen MR) is 288 cm³/mol. The Bertz CT molecular complexity index is 2730. The molecule has 4 atom stereocenters. The van der Waals surface area contributed by atoms with Crippen LogP contribution in [0.15, 0.2) is 85.1 Å². The van der Waals surface area contributed by atoms with E-state index in [1.807, 2.05) is 50.2 Å². The summed E-state index contributed by atoms with van der Waals surface area (Å²) in [5.41, 5.74) is 8.12. The van der Waals surface area contributed by atoms with Gasteiger partial charge in [0.2, 0.25) is 11.8 Å². The molecule has 4 aromatic carbocycles. The van der Waals surface area contributed by atoms with Crippen molar-refractivity contribution in [2.45, 2.75) is 155 Å². The van der Waals surface area contributed by atoms with Crippen LogP contribution in [-0.2, 0) is 36.8 Å². The lowest BCUT2D eigenvalue weighted by Gasteiger charge is -2.37. The molecule has 2 saturated heterocycles. The molecule has 75 heavy (non-hydrogen) atoms. The summed E-state index contributed by atoms with van der Waals surface area (Å²) in [5.74, 6) is -0.884. The molecule has 1 unspecified atom stereocenters. The SMILES string of the molecule is C=C1CCC(N2C(=O)c3ccc(CCCCCCCCCNC(=O)COc4ccccc4[C@@H](CCc4ccc(C)c(C)c4)OC(=O)[C@@H]4CCCCN4C(=O)[C@@H](CC)c4cc(C)c(OC)c(OC)c4)cc3C2=O)C(=O)N1. The van der Waals surface area contributed by atoms with Gasteiger partial charge in [-0.1, -0.05) is 94.1 Å². The van der Waals surface area contributed by atoms with Crippen molar-refractivity contribution in [3.05, 3.63) is 135 Å². The van der Waals surface area contributed by atoms with E-state index in [4.69, 9.17) is 18.9 Å². The Kier molecular flexibility index (Phi) is 19.7. The number of aryl methyl sites for hydroxylation is 5. The van der Waals surface area contributed by atoms with E-state index in [0.717, 1.165) is 91.4 Å². The van der Waals surface area contributed by atoms with Gasteiger partial charge in [-0.05, 0) is 149 Å². The predicted octanol–water partition coefficient (Wildman–Crippen LogP) is 10.3. The molecule has 5 amide bonds. The number of carbonyl (C=O) groups excluding carboxylic acids is 6. The topological polar surface area (TPSA) is 170 Å². The summed E-state index contributed by atoms with van der Waals surface area (Å²) in [4.78, 5) is 83.9. The van der Waals surface area contributed by atoms with Crippen molar-refractivity contribution in [2.24, 2.45) is 0 Å². The number of hydrogen-bond donors (Lipinski definition) is 2. The minimum absolute atomic E-state index is 0.123. The van der Waals surface area contributed by atoms with Gasteiger partial charge < -0.3 is 34.5 Å². The Morgan fingerprint density at radius 3 is 2.21 bits per heavy atom. The van der Waals surface area contributed by atoms with Gasteiger partial charge in [-0.25, -0.2) is 4.79 Å². The summed E-state index contributed by atoms with van der Waals surface area (Å²) < 4.78 is 23.9. The molecule has 14 nitrogen and oxygen atoms in total. The second-order valence-corrected chi connectivity index (χ2v) is 20.4. The van der Waals surface area contributed by atoms with Gasteiger partial charge in [0.05, 0.1) is 31.3 Å². The third-order valence-corrected chi connectivity index (χ3v) is 15.1. The van der Waals surface area contributed by atoms with E-state index >= 15 is 0 Å². The Balaban J connectivity index is 0.882. The highest BCUT2D eigenvalue weighted by atomic mass is 16.5. The summed E-state index contributed by atoms with van der Waals surface area (Å²) in [7, 11) is 3.17. The van der Waals surface area contributed by atoms with Crippen molar-refractivity contribution in [1.82, 2.24) is 20.4 Å². The van der Waals surface area contributed by atoms with Crippen molar-refractivity contribution in [1.29, 1.82) is 0 Å². The van der Waals surface area contributed by atoms with Crippen LogP contribution in [0.3, 0.4) is 0 Å². The molecule has 3 heterocycles. The van der Waals surface area contributed by atoms with E-state index < -0.39 is 41.9 Å². The zero-order chi connectivity index (χ0) is 53.6. The first kappa shape index (κ1) is 55.8. The molecule has 2 N–H and O–H groups in total. The maximum Gasteiger partial charge on any atom is 0.329 e. The Hall–Kier alpha value is -6.96. The summed E-state index contributed by atoms with van der Waals surface area (Å²) in [5, 5.41) is 5.67. The molecule has 3 aliphatic rings. The summed E-state index contributed by atoms with van der Waals surface area (Å²) in [6.45, 7) is 12.6. The number of esters is 1. The van der Waals surface area contributed by atoms with E-state index in [1.54, 1.807) is 37.3 Å². The first-order valence-electron chi connectivity index (χ1n) is 27.0. The van der Waals surface area contributed by atoms with E-state index in [1.165, 1.54) is 11.1 Å². The van der Waals surface area contributed by atoms with Gasteiger partial charge in [-0.2, -0.15) is 0 Å². The molecule has 0 bridgehead atoms. The van der Waals surface area contributed by atoms with Crippen molar-refractivity contribution in [2.75, 3.05) is 33.9 Å². The number of fused-ring (bicyclic) bond motifs is 1. The first-order chi connectivity index (χ1) is 36.2. The van der Waals surface area contributed by atoms with Gasteiger partial charge in [0, 0.05) is 24.4 Å². The molecule has 4 aromatic rings. The quantitative estimate of drug-likeness (QED) is 0.0370. The minimum atomic E-state index is -0.820. The normalized spacial score (nSPS) is 17.3. The maximum absolute atomic E-state index is 14.5. The van der Waals surface area contributed by atoms with Crippen molar-refractivity contribution in [3.8, 4) is 17.2 Å². The van der Waals surface area contributed by atoms with Crippen LogP contribution in [0.25, 0.3) is 0 Å². The van der Waals surface area contributed by atoms with Crippen LogP contribution in [0.2, 0.25) is 0 Å². The van der Waals surface area contributed by atoms with Gasteiger partial charge in [0.15, 0.2) is 18.1 Å². The van der Waals surface area contributed by atoms with Crippen molar-refractivity contribution < 1.29 is 47.7 Å². The number of ether oxygens (including phenoxy) is 4. The number of unbranched alkanes of at least 4 members (excludes halogenated alkanes) is 6. The van der Waals surface area contributed by atoms with Crippen LogP contribution in [0, 0.1) is 20.8 Å². The van der Waals surface area contributed by atoms with E-state index in [-0.39, 0.29) is 24.3 Å². The molecular formula is C61H76N4O10. The van der Waals surface area contributed by atoms with E-state index in [0.29, 0.717) is 91.3 Å². The van der Waals surface area contributed by atoms with E-state index in [9.17, 15) is 28.8 Å². The highest BCUT2D eigenvalue weighted by Gasteiger charge is 2.44. The summed E-state index contributed by atoms with van der Waals surface area (Å²) in [6, 6.07) is 21.4. The fourth-order valence-electron chi connectivity index (χ4n) is 10.7. The van der Waals surface area contributed by atoms with Gasteiger partial charge in [0.25, 0.3) is 17.7 Å². The van der Waals surface area contributed by atoms with Gasteiger partial charge in [-0.3, -0.25) is 28.9 Å². The van der Waals surface area contributed by atoms with Gasteiger partial charge in [0.1, 0.15) is 23.9 Å². The fraction of sp³-hybridized carbons (Fsp3) is 0.475. The van der Waals surface area contributed by atoms with Crippen LogP contribution in [-0.4, -0.2) is 91.3 Å². The molecule has 0 spiro atoms. The highest BCUT2D eigenvalue weighted by Crippen LogP contribution is 2.38. The molecule has 2 fully saturated rings. The lowest BCUT2D eigenvalue weighted by molar-refractivity contribution is -0.162. The van der Waals surface area contributed by atoms with Gasteiger partial charge >= 0.3 is 5.97 Å². The number of methoxy groups -OCH3 is 2. The molecule has 3 aliphatic heterocycles. The Labute approximate surface area is 442 Å². The maximum atomic E-state index is 14.5. The molecule has 0 aromatic heterocycles. The number of allylic oxidation sites excluding steroid dienone is 1. The second-order valence-electron chi connectivity index (χ2n) is 20.4. The monoisotopic (exact) mass is 1020 g/mol. The number of imide groups is 1. The average Bonchev–Trinajstić information content (AvgIpc) is 3.66. The molecule has 0 radical (unpaired) electrons. The molecular weight excluding hydrogens is 949 g/mol. The molecule has 400 valence electrons. The number of piperidine rings is 2. The summed E-state index contributed by atoms with van der Waals surface area (Å²) >= 11 is 0. The van der Waals surface area contributed by atoms with E-state index in [2.05, 4.69) is 49.3 Å². The number of carbonyl (C=O) groups is 6. The molecule has 0 aliphatic carbocycles. The van der Waals surface area contributed by atoms with Crippen LogP contribution in [0.4, 0.5) is 0 Å². The van der Waals surface area contributed by atoms with Crippen molar-refractivity contribution in [3.63, 3.8) is 0 Å². The average molecular weight is 1030 g/mol. The third-order valence-electron chi connectivity index (χ3n) is 15.1. The number of benzene rings is 4. The smallest absolute Gasteiger partial charge is 0.329 e. The summed E-state index contributed by atoms with van der Waals surface area (Å²) in [6.07, 6.45) is 11.6. The second kappa shape index (κ2) is 26.5.